The summed E-state index contributed by atoms with van der Waals surface area (Å²) < 4.78 is 45.0. The van der Waals surface area contributed by atoms with E-state index in [0.29, 0.717) is 29.4 Å². The third-order valence-electron chi connectivity index (χ3n) is 5.59. The highest BCUT2D eigenvalue weighted by atomic mass is 32.2. The molecule has 4 rings (SSSR count). The lowest BCUT2D eigenvalue weighted by Gasteiger charge is -2.18. The molecular formula is C23H25N3O7S2. The van der Waals surface area contributed by atoms with Crippen LogP contribution in [0.1, 0.15) is 30.6 Å². The lowest BCUT2D eigenvalue weighted by molar-refractivity contribution is -0.140. The summed E-state index contributed by atoms with van der Waals surface area (Å²) >= 11 is 1.27. The van der Waals surface area contributed by atoms with E-state index in [9.17, 15) is 18.0 Å². The zero-order chi connectivity index (χ0) is 25.2. The standard InChI is InChI=1S/C23H25N3O7S2/c1-4-25(5-2)35(29,30)16-8-6-15(7-9-16)22(28)24-23-26(11-10-21(27)31-3)17-12-18-19(33-14-32-18)13-20(17)34-23/h6-9,12-13H,4-5,10-11,14H2,1-3H3. The number of hydrogen-bond donors (Lipinski definition) is 0. The maximum atomic E-state index is 13.0. The van der Waals surface area contributed by atoms with E-state index >= 15 is 0 Å². The van der Waals surface area contributed by atoms with Crippen LogP contribution in [0.5, 0.6) is 11.5 Å². The summed E-state index contributed by atoms with van der Waals surface area (Å²) in [5.74, 6) is 0.252. The molecule has 0 bridgehead atoms. The molecule has 0 atom stereocenters. The second-order valence-electron chi connectivity index (χ2n) is 7.57. The van der Waals surface area contributed by atoms with Gasteiger partial charge in [-0.15, -0.1) is 0 Å². The topological polar surface area (TPSA) is 117 Å². The van der Waals surface area contributed by atoms with Gasteiger partial charge in [-0.25, -0.2) is 8.42 Å². The molecule has 0 saturated carbocycles. The number of carbonyl (C=O) groups is 2. The zero-order valence-corrected chi connectivity index (χ0v) is 21.1. The van der Waals surface area contributed by atoms with Crippen molar-refractivity contribution in [1.29, 1.82) is 0 Å². The molecule has 3 aromatic rings. The van der Waals surface area contributed by atoms with Crippen molar-refractivity contribution in [1.82, 2.24) is 8.87 Å². The number of rotatable bonds is 8. The smallest absolute Gasteiger partial charge is 0.307 e. The molecule has 0 radical (unpaired) electrons. The van der Waals surface area contributed by atoms with E-state index < -0.39 is 15.9 Å². The molecule has 10 nitrogen and oxygen atoms in total. The number of sulfonamides is 1. The van der Waals surface area contributed by atoms with Gasteiger partial charge in [0.15, 0.2) is 16.3 Å². The largest absolute Gasteiger partial charge is 0.469 e. The van der Waals surface area contributed by atoms with Crippen molar-refractivity contribution in [3.8, 4) is 11.5 Å². The average Bonchev–Trinajstić information content (AvgIpc) is 3.44. The van der Waals surface area contributed by atoms with Crippen molar-refractivity contribution in [2.24, 2.45) is 4.99 Å². The maximum Gasteiger partial charge on any atom is 0.307 e. The minimum atomic E-state index is -3.63. The molecule has 1 aliphatic heterocycles. The third-order valence-corrected chi connectivity index (χ3v) is 8.69. The number of hydrogen-bond acceptors (Lipinski definition) is 8. The van der Waals surface area contributed by atoms with E-state index in [-0.39, 0.29) is 36.2 Å². The first-order valence-corrected chi connectivity index (χ1v) is 13.2. The van der Waals surface area contributed by atoms with Gasteiger partial charge in [0, 0.05) is 37.3 Å². The Labute approximate surface area is 206 Å². The van der Waals surface area contributed by atoms with Gasteiger partial charge in [-0.3, -0.25) is 9.59 Å². The van der Waals surface area contributed by atoms with Crippen molar-refractivity contribution in [3.63, 3.8) is 0 Å². The van der Waals surface area contributed by atoms with E-state index in [4.69, 9.17) is 14.2 Å². The van der Waals surface area contributed by atoms with Gasteiger partial charge in [-0.2, -0.15) is 9.30 Å². The zero-order valence-electron chi connectivity index (χ0n) is 19.5. The summed E-state index contributed by atoms with van der Waals surface area (Å²) in [6, 6.07) is 9.32. The van der Waals surface area contributed by atoms with E-state index in [1.54, 1.807) is 24.5 Å². The number of ether oxygens (including phenoxy) is 3. The Morgan fingerprint density at radius 3 is 2.40 bits per heavy atom. The third kappa shape index (κ3) is 4.95. The SMILES string of the molecule is CCN(CC)S(=O)(=O)c1ccc(C(=O)N=c2sc3cc4c(cc3n2CCC(=O)OC)OCO4)cc1. The number of amides is 1. The molecule has 0 saturated heterocycles. The molecule has 186 valence electrons. The van der Waals surface area contributed by atoms with Crippen LogP contribution in [0.3, 0.4) is 0 Å². The molecule has 1 aliphatic rings. The first-order valence-electron chi connectivity index (χ1n) is 11.0. The number of methoxy groups -OCH3 is 1. The summed E-state index contributed by atoms with van der Waals surface area (Å²) in [7, 11) is -2.31. The fourth-order valence-electron chi connectivity index (χ4n) is 3.70. The Bertz CT molecular complexity index is 1440. The number of aromatic nitrogens is 1. The van der Waals surface area contributed by atoms with E-state index in [1.807, 2.05) is 6.07 Å². The van der Waals surface area contributed by atoms with Crippen molar-refractivity contribution in [2.45, 2.75) is 31.7 Å². The Hall–Kier alpha value is -3.22. The highest BCUT2D eigenvalue weighted by Crippen LogP contribution is 2.37. The second-order valence-corrected chi connectivity index (χ2v) is 10.5. The maximum absolute atomic E-state index is 13.0. The predicted octanol–water partition coefficient (Wildman–Crippen LogP) is 2.77. The first-order chi connectivity index (χ1) is 16.8. The Kier molecular flexibility index (Phi) is 7.24. The van der Waals surface area contributed by atoms with Gasteiger partial charge < -0.3 is 18.8 Å². The van der Waals surface area contributed by atoms with Crippen molar-refractivity contribution in [3.05, 3.63) is 46.8 Å². The van der Waals surface area contributed by atoms with Crippen LogP contribution in [-0.2, 0) is 26.1 Å². The minimum absolute atomic E-state index is 0.0933. The molecule has 0 N–H and O–H groups in total. The quantitative estimate of drug-likeness (QED) is 0.420. The highest BCUT2D eigenvalue weighted by molar-refractivity contribution is 7.89. The number of thiazole rings is 1. The van der Waals surface area contributed by atoms with Crippen LogP contribution in [0.25, 0.3) is 10.2 Å². The highest BCUT2D eigenvalue weighted by Gasteiger charge is 2.22. The molecule has 0 fully saturated rings. The van der Waals surface area contributed by atoms with E-state index in [2.05, 4.69) is 4.99 Å². The summed E-state index contributed by atoms with van der Waals surface area (Å²) in [4.78, 5) is 29.5. The fourth-order valence-corrected chi connectivity index (χ4v) is 6.22. The van der Waals surface area contributed by atoms with Crippen LogP contribution >= 0.6 is 11.3 Å². The number of esters is 1. The van der Waals surface area contributed by atoms with Gasteiger partial charge in [-0.1, -0.05) is 25.2 Å². The molecule has 0 unspecified atom stereocenters. The normalized spacial score (nSPS) is 13.5. The van der Waals surface area contributed by atoms with Crippen LogP contribution in [-0.4, -0.2) is 56.2 Å². The molecule has 12 heteroatoms. The molecule has 2 aromatic carbocycles. The monoisotopic (exact) mass is 519 g/mol. The fraction of sp³-hybridized carbons (Fsp3) is 0.348. The number of benzene rings is 2. The first kappa shape index (κ1) is 24.9. The molecule has 1 amide bonds. The Balaban J connectivity index is 1.71. The number of fused-ring (bicyclic) bond motifs is 2. The van der Waals surface area contributed by atoms with E-state index in [0.717, 1.165) is 10.2 Å². The predicted molar refractivity (Wildman–Crippen MR) is 129 cm³/mol. The molecule has 2 heterocycles. The van der Waals surface area contributed by atoms with Crippen molar-refractivity contribution >= 4 is 43.5 Å². The molecular weight excluding hydrogens is 494 g/mol. The van der Waals surface area contributed by atoms with E-state index in [1.165, 1.54) is 47.0 Å². The van der Waals surface area contributed by atoms with Crippen molar-refractivity contribution < 1.29 is 32.2 Å². The average molecular weight is 520 g/mol. The van der Waals surface area contributed by atoms with Crippen LogP contribution < -0.4 is 14.3 Å². The lowest BCUT2D eigenvalue weighted by atomic mass is 10.2. The summed E-state index contributed by atoms with van der Waals surface area (Å²) in [5, 5.41) is 0. The molecule has 1 aromatic heterocycles. The van der Waals surface area contributed by atoms with Crippen molar-refractivity contribution in [2.75, 3.05) is 27.0 Å². The summed E-state index contributed by atoms with van der Waals surface area (Å²) in [6.07, 6.45) is 0.0933. The molecule has 0 spiro atoms. The Morgan fingerprint density at radius 2 is 1.77 bits per heavy atom. The van der Waals surface area contributed by atoms with Gasteiger partial charge in [0.2, 0.25) is 16.8 Å². The Morgan fingerprint density at radius 1 is 1.11 bits per heavy atom. The minimum Gasteiger partial charge on any atom is -0.469 e. The van der Waals surface area contributed by atoms with Gasteiger partial charge in [0.25, 0.3) is 5.91 Å². The van der Waals surface area contributed by atoms with Crippen LogP contribution in [0.2, 0.25) is 0 Å². The van der Waals surface area contributed by atoms with Gasteiger partial charge in [0.1, 0.15) is 0 Å². The second kappa shape index (κ2) is 10.2. The lowest BCUT2D eigenvalue weighted by Crippen LogP contribution is -2.30. The number of aryl methyl sites for hydroxylation is 1. The molecule has 0 aliphatic carbocycles. The van der Waals surface area contributed by atoms with Crippen LogP contribution in [0, 0.1) is 0 Å². The van der Waals surface area contributed by atoms with Crippen LogP contribution in [0.4, 0.5) is 0 Å². The van der Waals surface area contributed by atoms with Gasteiger partial charge >= 0.3 is 5.97 Å². The molecule has 35 heavy (non-hydrogen) atoms. The number of nitrogens with zero attached hydrogens (tertiary/aromatic N) is 3. The van der Waals surface area contributed by atoms with Crippen LogP contribution in [0.15, 0.2) is 46.3 Å². The van der Waals surface area contributed by atoms with Gasteiger partial charge in [-0.05, 0) is 24.3 Å². The summed E-state index contributed by atoms with van der Waals surface area (Å²) in [5.41, 5.74) is 0.991. The number of carbonyl (C=O) groups excluding carboxylic acids is 2. The van der Waals surface area contributed by atoms with Gasteiger partial charge in [0.05, 0.1) is 28.6 Å². The summed E-state index contributed by atoms with van der Waals surface area (Å²) in [6.45, 7) is 4.62.